The maximum Gasteiger partial charge on any atom is 0.165 e. The van der Waals surface area contributed by atoms with E-state index in [0.717, 1.165) is 36.8 Å². The molecule has 134 valence electrons. The molecule has 0 aliphatic carbocycles. The number of likely N-dealkylation sites (tertiary alicyclic amines) is 1. The van der Waals surface area contributed by atoms with Crippen LogP contribution in [0.2, 0.25) is 4.34 Å². The third kappa shape index (κ3) is 3.08. The van der Waals surface area contributed by atoms with Gasteiger partial charge in [-0.25, -0.2) is 4.39 Å². The molecule has 1 saturated heterocycles. The van der Waals surface area contributed by atoms with Gasteiger partial charge in [-0.15, -0.1) is 11.3 Å². The number of phenolic OH excluding ortho intramolecular Hbond substituents is 1. The summed E-state index contributed by atoms with van der Waals surface area (Å²) >= 11 is 7.89. The zero-order valence-electron chi connectivity index (χ0n) is 14.1. The van der Waals surface area contributed by atoms with E-state index in [4.69, 9.17) is 16.3 Å². The zero-order valence-corrected chi connectivity index (χ0v) is 15.7. The molecule has 3 nitrogen and oxygen atoms in total. The van der Waals surface area contributed by atoms with Crippen molar-refractivity contribution in [2.45, 2.75) is 44.4 Å². The van der Waals surface area contributed by atoms with Gasteiger partial charge in [0.05, 0.1) is 10.9 Å². The number of halogens is 2. The molecule has 2 aliphatic rings. The summed E-state index contributed by atoms with van der Waals surface area (Å²) in [6.07, 6.45) is 2.69. The number of rotatable bonds is 2. The molecule has 1 fully saturated rings. The molecule has 0 saturated carbocycles. The van der Waals surface area contributed by atoms with Crippen molar-refractivity contribution in [1.82, 2.24) is 4.90 Å². The summed E-state index contributed by atoms with van der Waals surface area (Å²) in [5.74, 6) is -0.802. The van der Waals surface area contributed by atoms with Crippen molar-refractivity contribution in [2.24, 2.45) is 0 Å². The van der Waals surface area contributed by atoms with Crippen LogP contribution in [0.1, 0.15) is 35.8 Å². The Balaban J connectivity index is 1.54. The van der Waals surface area contributed by atoms with Gasteiger partial charge in [0.25, 0.3) is 0 Å². The van der Waals surface area contributed by atoms with Gasteiger partial charge in [0.1, 0.15) is 5.60 Å². The summed E-state index contributed by atoms with van der Waals surface area (Å²) in [7, 11) is 0. The number of aromatic hydroxyl groups is 1. The Labute approximate surface area is 156 Å². The first-order chi connectivity index (χ1) is 12.0. The number of para-hydroxylation sites is 1. The molecule has 25 heavy (non-hydrogen) atoms. The average Bonchev–Trinajstić information content (AvgIpc) is 2.96. The third-order valence-corrected chi connectivity index (χ3v) is 6.93. The third-order valence-electron chi connectivity index (χ3n) is 5.44. The fraction of sp³-hybridized carbons (Fsp3) is 0.474. The standard InChI is InChI=1S/C19H21ClFNO2S/c1-12-10-19(18-13(5-8-24-19)9-16(20)25-18)6-7-22(12)11-14-3-2-4-15(21)17(14)23/h2-4,9,12,23H,5-8,10-11H2,1H3/t12-,19+/m0/s1. The maximum atomic E-state index is 13.6. The Morgan fingerprint density at radius 1 is 1.48 bits per heavy atom. The van der Waals surface area contributed by atoms with Crippen molar-refractivity contribution in [3.8, 4) is 5.75 Å². The number of hydrogen-bond donors (Lipinski definition) is 1. The molecular formula is C19H21ClFNO2S. The van der Waals surface area contributed by atoms with Gasteiger partial charge in [-0.05, 0) is 43.9 Å². The van der Waals surface area contributed by atoms with Gasteiger partial charge in [0.2, 0.25) is 0 Å². The van der Waals surface area contributed by atoms with Crippen molar-refractivity contribution in [3.63, 3.8) is 0 Å². The number of thiophene rings is 1. The predicted octanol–water partition coefficient (Wildman–Crippen LogP) is 4.70. The SMILES string of the molecule is C[C@H]1C[C@@]2(CCN1Cc1cccc(F)c1O)OCCc1cc(Cl)sc12. The minimum absolute atomic E-state index is 0.240. The minimum Gasteiger partial charge on any atom is -0.505 e. The van der Waals surface area contributed by atoms with Crippen LogP contribution in [0.25, 0.3) is 0 Å². The lowest BCUT2D eigenvalue weighted by Crippen LogP contribution is -2.49. The van der Waals surface area contributed by atoms with Crippen molar-refractivity contribution < 1.29 is 14.2 Å². The second kappa shape index (κ2) is 6.54. The quantitative estimate of drug-likeness (QED) is 0.818. The largest absolute Gasteiger partial charge is 0.505 e. The zero-order chi connectivity index (χ0) is 17.6. The fourth-order valence-corrected chi connectivity index (χ4v) is 5.60. The number of nitrogens with zero attached hydrogens (tertiary/aromatic N) is 1. The summed E-state index contributed by atoms with van der Waals surface area (Å²) in [4.78, 5) is 3.57. The smallest absolute Gasteiger partial charge is 0.165 e. The molecule has 6 heteroatoms. The number of phenols is 1. The molecule has 2 atom stereocenters. The lowest BCUT2D eigenvalue weighted by atomic mass is 9.82. The first-order valence-corrected chi connectivity index (χ1v) is 9.81. The Morgan fingerprint density at radius 3 is 3.12 bits per heavy atom. The fourth-order valence-electron chi connectivity index (χ4n) is 4.12. The molecule has 2 aromatic rings. The van der Waals surface area contributed by atoms with Crippen LogP contribution in [0, 0.1) is 5.82 Å². The number of benzene rings is 1. The van der Waals surface area contributed by atoms with Crippen molar-refractivity contribution in [1.29, 1.82) is 0 Å². The van der Waals surface area contributed by atoms with Crippen molar-refractivity contribution in [2.75, 3.05) is 13.2 Å². The Morgan fingerprint density at radius 2 is 2.32 bits per heavy atom. The number of piperidine rings is 1. The van der Waals surface area contributed by atoms with Crippen molar-refractivity contribution in [3.05, 3.63) is 50.4 Å². The Hall–Kier alpha value is -1.14. The van der Waals surface area contributed by atoms with E-state index in [-0.39, 0.29) is 17.4 Å². The van der Waals surface area contributed by atoms with E-state index < -0.39 is 5.82 Å². The highest BCUT2D eigenvalue weighted by molar-refractivity contribution is 7.16. The van der Waals surface area contributed by atoms with Crippen LogP contribution < -0.4 is 0 Å². The first kappa shape index (κ1) is 17.3. The monoisotopic (exact) mass is 381 g/mol. The van der Waals surface area contributed by atoms with E-state index in [0.29, 0.717) is 12.1 Å². The first-order valence-electron chi connectivity index (χ1n) is 8.61. The molecule has 4 rings (SSSR count). The van der Waals surface area contributed by atoms with Gasteiger partial charge >= 0.3 is 0 Å². The molecule has 0 amide bonds. The molecule has 2 aliphatic heterocycles. The van der Waals surface area contributed by atoms with Crippen LogP contribution in [0.4, 0.5) is 4.39 Å². The highest BCUT2D eigenvalue weighted by Crippen LogP contribution is 2.48. The number of hydrogen-bond acceptors (Lipinski definition) is 4. The predicted molar refractivity (Wildman–Crippen MR) is 97.8 cm³/mol. The molecule has 1 aromatic heterocycles. The average molecular weight is 382 g/mol. The topological polar surface area (TPSA) is 32.7 Å². The summed E-state index contributed by atoms with van der Waals surface area (Å²) < 4.78 is 20.7. The highest BCUT2D eigenvalue weighted by Gasteiger charge is 2.44. The van der Waals surface area contributed by atoms with Crippen LogP contribution in [0.5, 0.6) is 5.75 Å². The lowest BCUT2D eigenvalue weighted by molar-refractivity contribution is -0.110. The van der Waals surface area contributed by atoms with Gasteiger partial charge in [-0.2, -0.15) is 0 Å². The molecule has 0 radical (unpaired) electrons. The van der Waals surface area contributed by atoms with Gasteiger partial charge in [0, 0.05) is 29.6 Å². The van der Waals surface area contributed by atoms with E-state index in [1.54, 1.807) is 23.5 Å². The van der Waals surface area contributed by atoms with Crippen molar-refractivity contribution >= 4 is 22.9 Å². The molecule has 1 N–H and O–H groups in total. The van der Waals surface area contributed by atoms with E-state index >= 15 is 0 Å². The molecule has 1 aromatic carbocycles. The van der Waals surface area contributed by atoms with Gasteiger partial charge in [-0.1, -0.05) is 23.7 Å². The van der Waals surface area contributed by atoms with E-state index in [1.807, 2.05) is 0 Å². The number of ether oxygens (including phenoxy) is 1. The molecule has 0 unspecified atom stereocenters. The van der Waals surface area contributed by atoms with Gasteiger partial charge in [-0.3, -0.25) is 4.90 Å². The van der Waals surface area contributed by atoms with Gasteiger partial charge in [0.15, 0.2) is 11.6 Å². The molecule has 3 heterocycles. The van der Waals surface area contributed by atoms with Crippen LogP contribution in [0.15, 0.2) is 24.3 Å². The second-order valence-corrected chi connectivity index (χ2v) is 8.70. The molecular weight excluding hydrogens is 361 g/mol. The minimum atomic E-state index is -0.563. The van der Waals surface area contributed by atoms with Gasteiger partial charge < -0.3 is 9.84 Å². The lowest BCUT2D eigenvalue weighted by Gasteiger charge is -2.47. The summed E-state index contributed by atoms with van der Waals surface area (Å²) in [5.41, 5.74) is 1.71. The van der Waals surface area contributed by atoms with E-state index in [9.17, 15) is 9.50 Å². The Bertz CT molecular complexity index is 796. The van der Waals surface area contributed by atoms with Crippen LogP contribution in [-0.2, 0) is 23.3 Å². The molecule has 1 spiro atoms. The molecule has 0 bridgehead atoms. The number of fused-ring (bicyclic) bond motifs is 2. The summed E-state index contributed by atoms with van der Waals surface area (Å²) in [5, 5.41) is 9.95. The van der Waals surface area contributed by atoms with Crippen LogP contribution in [-0.4, -0.2) is 29.2 Å². The maximum absolute atomic E-state index is 13.6. The van der Waals surface area contributed by atoms with Crippen LogP contribution in [0.3, 0.4) is 0 Å². The Kier molecular flexibility index (Phi) is 4.52. The summed E-state index contributed by atoms with van der Waals surface area (Å²) in [6, 6.07) is 7.05. The second-order valence-electron chi connectivity index (χ2n) is 7.02. The van der Waals surface area contributed by atoms with E-state index in [1.165, 1.54) is 16.5 Å². The summed E-state index contributed by atoms with van der Waals surface area (Å²) in [6.45, 7) is 4.28. The normalized spacial score (nSPS) is 26.8. The van der Waals surface area contributed by atoms with Crippen LogP contribution >= 0.6 is 22.9 Å². The van der Waals surface area contributed by atoms with E-state index in [2.05, 4.69) is 17.9 Å². The highest BCUT2D eigenvalue weighted by atomic mass is 35.5.